The zero-order valence-electron chi connectivity index (χ0n) is 3.46. The van der Waals surface area contributed by atoms with Crippen molar-refractivity contribution in [3.05, 3.63) is 0 Å². The molecule has 0 amide bonds. The largest absolute Gasteiger partial charge is 0.231 e. The first kappa shape index (κ1) is 5.25. The summed E-state index contributed by atoms with van der Waals surface area (Å²) in [5, 5.41) is 0. The van der Waals surface area contributed by atoms with Crippen LogP contribution < -0.4 is 4.84 Å². The number of nitrogens with one attached hydrogen (secondary N) is 1. The SMILES string of the molecule is CC(C)NCl. The van der Waals surface area contributed by atoms with Crippen LogP contribution in [0.15, 0.2) is 0 Å². The highest BCUT2D eigenvalue weighted by atomic mass is 35.5. The zero-order valence-corrected chi connectivity index (χ0v) is 4.21. The van der Waals surface area contributed by atoms with Gasteiger partial charge in [-0.05, 0) is 25.6 Å². The summed E-state index contributed by atoms with van der Waals surface area (Å²) in [6, 6.07) is 0.400. The molecule has 0 aromatic carbocycles. The van der Waals surface area contributed by atoms with Gasteiger partial charge in [0.1, 0.15) is 0 Å². The first-order chi connectivity index (χ1) is 2.27. The van der Waals surface area contributed by atoms with Gasteiger partial charge in [-0.2, -0.15) is 0 Å². The summed E-state index contributed by atoms with van der Waals surface area (Å²) >= 11 is 5.09. The van der Waals surface area contributed by atoms with Gasteiger partial charge in [0.15, 0.2) is 0 Å². The maximum absolute atomic E-state index is 5.09. The summed E-state index contributed by atoms with van der Waals surface area (Å²) in [6.07, 6.45) is 0. The topological polar surface area (TPSA) is 12.0 Å². The van der Waals surface area contributed by atoms with E-state index in [4.69, 9.17) is 11.8 Å². The highest BCUT2D eigenvalue weighted by Crippen LogP contribution is 1.73. The van der Waals surface area contributed by atoms with E-state index in [1.165, 1.54) is 0 Å². The summed E-state index contributed by atoms with van der Waals surface area (Å²) in [5.74, 6) is 0. The fourth-order valence-corrected chi connectivity index (χ4v) is 0. The van der Waals surface area contributed by atoms with Crippen LogP contribution in [-0.4, -0.2) is 6.04 Å². The monoisotopic (exact) mass is 93.0 g/mol. The third kappa shape index (κ3) is 4.25. The van der Waals surface area contributed by atoms with Crippen molar-refractivity contribution in [1.29, 1.82) is 0 Å². The van der Waals surface area contributed by atoms with E-state index in [1.54, 1.807) is 0 Å². The summed E-state index contributed by atoms with van der Waals surface area (Å²) < 4.78 is 0. The molecule has 0 atom stereocenters. The predicted octanol–water partition coefficient (Wildman–Crippen LogP) is 1.14. The molecular weight excluding hydrogens is 85.5 g/mol. The van der Waals surface area contributed by atoms with Gasteiger partial charge in [0, 0.05) is 6.04 Å². The summed E-state index contributed by atoms with van der Waals surface area (Å²) in [4.78, 5) is 2.50. The third-order valence-electron chi connectivity index (χ3n) is 0.218. The molecule has 0 rings (SSSR count). The number of rotatable bonds is 1. The smallest absolute Gasteiger partial charge is 0.0164 e. The molecule has 0 aliphatic rings. The Morgan fingerprint density at radius 3 is 1.80 bits per heavy atom. The Morgan fingerprint density at radius 2 is 1.80 bits per heavy atom. The second kappa shape index (κ2) is 2.49. The molecule has 0 fully saturated rings. The van der Waals surface area contributed by atoms with Gasteiger partial charge >= 0.3 is 0 Å². The molecule has 1 N–H and O–H groups in total. The quantitative estimate of drug-likeness (QED) is 0.480. The number of hydrogen-bond donors (Lipinski definition) is 1. The van der Waals surface area contributed by atoms with Gasteiger partial charge in [0.05, 0.1) is 0 Å². The van der Waals surface area contributed by atoms with E-state index < -0.39 is 0 Å². The minimum absolute atomic E-state index is 0.400. The minimum Gasteiger partial charge on any atom is -0.231 e. The highest BCUT2D eigenvalue weighted by molar-refractivity contribution is 6.13. The lowest BCUT2D eigenvalue weighted by Crippen LogP contribution is -2.09. The summed E-state index contributed by atoms with van der Waals surface area (Å²) in [6.45, 7) is 3.96. The van der Waals surface area contributed by atoms with E-state index in [9.17, 15) is 0 Å². The first-order valence-electron chi connectivity index (χ1n) is 1.63. The Labute approximate surface area is 37.4 Å². The number of hydrogen-bond acceptors (Lipinski definition) is 1. The molecule has 0 saturated carbocycles. The van der Waals surface area contributed by atoms with Crippen molar-refractivity contribution in [1.82, 2.24) is 4.84 Å². The van der Waals surface area contributed by atoms with Crippen LogP contribution in [0.25, 0.3) is 0 Å². The van der Waals surface area contributed by atoms with E-state index in [0.29, 0.717) is 6.04 Å². The fraction of sp³-hybridized carbons (Fsp3) is 1.00. The molecule has 0 radical (unpaired) electrons. The lowest BCUT2D eigenvalue weighted by molar-refractivity contribution is 0.762. The van der Waals surface area contributed by atoms with Gasteiger partial charge in [-0.1, -0.05) is 0 Å². The molecular formula is C3H8ClN. The molecule has 2 heteroatoms. The molecule has 0 heterocycles. The van der Waals surface area contributed by atoms with Crippen molar-refractivity contribution in [3.63, 3.8) is 0 Å². The maximum Gasteiger partial charge on any atom is 0.0164 e. The average molecular weight is 93.6 g/mol. The molecule has 0 spiro atoms. The van der Waals surface area contributed by atoms with E-state index >= 15 is 0 Å². The van der Waals surface area contributed by atoms with E-state index in [1.807, 2.05) is 13.8 Å². The molecule has 1 nitrogen and oxygen atoms in total. The minimum atomic E-state index is 0.400. The van der Waals surface area contributed by atoms with E-state index in [0.717, 1.165) is 0 Å². The summed E-state index contributed by atoms with van der Waals surface area (Å²) in [5.41, 5.74) is 0. The fourth-order valence-electron chi connectivity index (χ4n) is 0. The Balaban J connectivity index is 2.54. The third-order valence-corrected chi connectivity index (χ3v) is 0.655. The Bertz CT molecular complexity index is 20.9. The lowest BCUT2D eigenvalue weighted by Gasteiger charge is -1.92. The van der Waals surface area contributed by atoms with Crippen LogP contribution in [0.3, 0.4) is 0 Å². The van der Waals surface area contributed by atoms with Gasteiger partial charge in [-0.3, -0.25) is 0 Å². The van der Waals surface area contributed by atoms with Crippen molar-refractivity contribution >= 4 is 11.8 Å². The molecule has 0 saturated heterocycles. The van der Waals surface area contributed by atoms with Gasteiger partial charge in [-0.25, -0.2) is 4.84 Å². The van der Waals surface area contributed by atoms with Crippen molar-refractivity contribution in [3.8, 4) is 0 Å². The normalized spacial score (nSPS) is 9.60. The second-order valence-electron chi connectivity index (χ2n) is 1.26. The molecule has 0 unspecified atom stereocenters. The second-order valence-corrected chi connectivity index (χ2v) is 1.48. The highest BCUT2D eigenvalue weighted by Gasteiger charge is 1.79. The number of halogens is 1. The van der Waals surface area contributed by atoms with Crippen LogP contribution in [0.2, 0.25) is 0 Å². The Kier molecular flexibility index (Phi) is 2.61. The zero-order chi connectivity index (χ0) is 4.28. The predicted molar refractivity (Wildman–Crippen MR) is 24.1 cm³/mol. The standard InChI is InChI=1S/C3H8ClN/c1-3(2)5-4/h3,5H,1-2H3. The molecule has 0 aliphatic carbocycles. The Hall–Kier alpha value is 0.250. The average Bonchev–Trinajstić information content (AvgIpc) is 1.38. The van der Waals surface area contributed by atoms with Crippen LogP contribution in [0.1, 0.15) is 13.8 Å². The van der Waals surface area contributed by atoms with Gasteiger partial charge in [0.2, 0.25) is 0 Å². The van der Waals surface area contributed by atoms with Crippen molar-refractivity contribution in [2.75, 3.05) is 0 Å². The first-order valence-corrected chi connectivity index (χ1v) is 2.01. The molecule has 32 valence electrons. The van der Waals surface area contributed by atoms with Crippen molar-refractivity contribution in [2.45, 2.75) is 19.9 Å². The summed E-state index contributed by atoms with van der Waals surface area (Å²) in [7, 11) is 0. The van der Waals surface area contributed by atoms with Crippen LogP contribution in [0.4, 0.5) is 0 Å². The molecule has 0 aromatic heterocycles. The van der Waals surface area contributed by atoms with Crippen LogP contribution >= 0.6 is 11.8 Å². The molecule has 0 aliphatic heterocycles. The van der Waals surface area contributed by atoms with E-state index in [2.05, 4.69) is 4.84 Å². The maximum atomic E-state index is 5.09. The van der Waals surface area contributed by atoms with Gasteiger partial charge < -0.3 is 0 Å². The van der Waals surface area contributed by atoms with Crippen LogP contribution in [0, 0.1) is 0 Å². The van der Waals surface area contributed by atoms with Gasteiger partial charge in [0.25, 0.3) is 0 Å². The molecule has 0 bridgehead atoms. The van der Waals surface area contributed by atoms with Crippen LogP contribution in [-0.2, 0) is 0 Å². The lowest BCUT2D eigenvalue weighted by atomic mass is 10.4. The Morgan fingerprint density at radius 1 is 1.60 bits per heavy atom. The van der Waals surface area contributed by atoms with Crippen molar-refractivity contribution < 1.29 is 0 Å². The van der Waals surface area contributed by atoms with Crippen molar-refractivity contribution in [2.24, 2.45) is 0 Å². The van der Waals surface area contributed by atoms with E-state index in [-0.39, 0.29) is 0 Å². The van der Waals surface area contributed by atoms with Gasteiger partial charge in [-0.15, -0.1) is 0 Å². The van der Waals surface area contributed by atoms with Crippen LogP contribution in [0.5, 0.6) is 0 Å². The molecule has 5 heavy (non-hydrogen) atoms. The molecule has 0 aromatic rings.